The molecule has 0 aliphatic carbocycles. The second-order valence-electron chi connectivity index (χ2n) is 10.5. The summed E-state index contributed by atoms with van der Waals surface area (Å²) in [6.45, 7) is 4.27. The van der Waals surface area contributed by atoms with Crippen molar-refractivity contribution in [3.63, 3.8) is 0 Å². The van der Waals surface area contributed by atoms with Crippen LogP contribution in [0.1, 0.15) is 9.68 Å². The van der Waals surface area contributed by atoms with Crippen LogP contribution in [0, 0.1) is 19.1 Å². The third-order valence-electron chi connectivity index (χ3n) is 7.59. The Morgan fingerprint density at radius 2 is 1.60 bits per heavy atom. The van der Waals surface area contributed by atoms with Gasteiger partial charge in [0.05, 0.1) is 19.2 Å². The molecule has 202 valence electrons. The van der Waals surface area contributed by atoms with E-state index in [9.17, 15) is 0 Å². The molecule has 0 spiro atoms. The van der Waals surface area contributed by atoms with Gasteiger partial charge in [-0.1, -0.05) is 48.9 Å². The molecule has 0 radical (unpaired) electrons. The second kappa shape index (κ2) is 10.0. The van der Waals surface area contributed by atoms with Crippen LogP contribution in [-0.2, 0) is 21.1 Å². The summed E-state index contributed by atoms with van der Waals surface area (Å²) in [6, 6.07) is 37.7. The Balaban J connectivity index is 0.00000329. The molecule has 0 amide bonds. The van der Waals surface area contributed by atoms with Crippen LogP contribution in [0.2, 0.25) is 13.1 Å². The topological polar surface area (TPSA) is 37.1 Å². The molecule has 0 fully saturated rings. The molecule has 1 N–H and O–H groups in total. The number of hydrogen-bond acceptors (Lipinski definition) is 3. The maximum absolute atomic E-state index is 7.99. The van der Waals surface area contributed by atoms with Crippen molar-refractivity contribution in [2.24, 2.45) is 0 Å². The van der Waals surface area contributed by atoms with Crippen LogP contribution in [0.5, 0.6) is 0 Å². The van der Waals surface area contributed by atoms with Crippen LogP contribution in [-0.4, -0.2) is 29.5 Å². The molecule has 7 rings (SSSR count). The van der Waals surface area contributed by atoms with E-state index < -0.39 is 15.0 Å². The van der Waals surface area contributed by atoms with Crippen molar-refractivity contribution in [2.45, 2.75) is 20.0 Å². The van der Waals surface area contributed by atoms with Gasteiger partial charge in [0.15, 0.2) is 0 Å². The zero-order valence-corrected chi connectivity index (χ0v) is 25.6. The minimum Gasteiger partial charge on any atom is -0.319 e. The molecule has 1 aliphatic heterocycles. The molecule has 40 heavy (non-hydrogen) atoms. The third kappa shape index (κ3) is 4.19. The predicted molar refractivity (Wildman–Crippen MR) is 163 cm³/mol. The molecule has 5 nitrogen and oxygen atoms in total. The maximum Gasteiger partial charge on any atom is 0.145 e. The first-order chi connectivity index (χ1) is 20.1. The van der Waals surface area contributed by atoms with E-state index in [-0.39, 0.29) is 21.1 Å². The molecular formula is C33H29N4OPtSi-. The van der Waals surface area contributed by atoms with Gasteiger partial charge in [-0.25, -0.2) is 4.98 Å². The molecular weight excluding hydrogens is 692 g/mol. The summed E-state index contributed by atoms with van der Waals surface area (Å²) in [5.74, 6) is 0.871. The average Bonchev–Trinajstić information content (AvgIpc) is 3.54. The number of nitrogens with zero attached hydrogens (tertiary/aromatic N) is 4. The summed E-state index contributed by atoms with van der Waals surface area (Å²) < 4.78 is 26.2. The van der Waals surface area contributed by atoms with E-state index in [1.165, 1.54) is 5.39 Å². The van der Waals surface area contributed by atoms with Crippen LogP contribution < -0.4 is 20.5 Å². The fraction of sp³-hybridized carbons (Fsp3) is 0.121. The molecule has 6 aromatic rings. The second-order valence-corrected chi connectivity index (χ2v) is 14.8. The molecule has 0 saturated carbocycles. The number of pyridine rings is 1. The summed E-state index contributed by atoms with van der Waals surface area (Å²) in [5.41, 5.74) is 5.20. The number of fused-ring (bicyclic) bond motifs is 4. The van der Waals surface area contributed by atoms with Gasteiger partial charge in [-0.3, -0.25) is 0 Å². The smallest absolute Gasteiger partial charge is 0.145 e. The summed E-state index contributed by atoms with van der Waals surface area (Å²) in [7, 11) is -2.32. The number of anilines is 3. The number of benzene rings is 4. The van der Waals surface area contributed by atoms with Crippen molar-refractivity contribution >= 4 is 57.3 Å². The van der Waals surface area contributed by atoms with E-state index in [2.05, 4.69) is 90.2 Å². The van der Waals surface area contributed by atoms with Crippen LogP contribution in [0.25, 0.3) is 27.6 Å². The molecule has 0 atom stereocenters. The van der Waals surface area contributed by atoms with Crippen molar-refractivity contribution in [2.75, 3.05) is 17.1 Å². The fourth-order valence-electron chi connectivity index (χ4n) is 5.41. The Labute approximate surface area is 254 Å². The normalized spacial score (nSPS) is 14.5. The molecule has 3 heterocycles. The number of hydrogen-bond donors (Lipinski definition) is 0. The van der Waals surface area contributed by atoms with E-state index in [0.717, 1.165) is 43.2 Å². The van der Waals surface area contributed by atoms with Gasteiger partial charge in [0, 0.05) is 38.5 Å². The summed E-state index contributed by atoms with van der Waals surface area (Å²) >= 11 is 0. The number of hydroxylamine groups is 1. The Morgan fingerprint density at radius 3 is 2.42 bits per heavy atom. The largest absolute Gasteiger partial charge is 0.319 e. The van der Waals surface area contributed by atoms with Gasteiger partial charge in [0.1, 0.15) is 17.2 Å². The zero-order chi connectivity index (χ0) is 29.2. The Hall–Kier alpha value is -3.70. The van der Waals surface area contributed by atoms with E-state index in [4.69, 9.17) is 9.10 Å². The average molecular weight is 724 g/mol. The van der Waals surface area contributed by atoms with Crippen LogP contribution in [0.15, 0.2) is 97.2 Å². The van der Waals surface area contributed by atoms with Crippen LogP contribution >= 0.6 is 0 Å². The first kappa shape index (κ1) is 23.0. The number of para-hydroxylation sites is 3. The maximum atomic E-state index is 7.99. The number of aryl methyl sites for hydroxylation is 1. The Kier molecular flexibility index (Phi) is 5.79. The monoisotopic (exact) mass is 723 g/mol. The Morgan fingerprint density at radius 1 is 0.825 bits per heavy atom. The molecule has 0 bridgehead atoms. The van der Waals surface area contributed by atoms with Crippen molar-refractivity contribution in [3.05, 3.63) is 115 Å². The number of aromatic nitrogens is 2. The molecule has 0 saturated heterocycles. The Bertz CT molecular complexity index is 1990. The first-order valence-electron chi connectivity index (χ1n) is 14.5. The summed E-state index contributed by atoms with van der Waals surface area (Å²) in [4.78, 5) is 9.20. The van der Waals surface area contributed by atoms with Crippen molar-refractivity contribution in [1.29, 1.82) is 0 Å². The van der Waals surface area contributed by atoms with Crippen molar-refractivity contribution in [3.8, 4) is 5.82 Å². The molecule has 0 unspecified atom stereocenters. The quantitative estimate of drug-likeness (QED) is 0.121. The van der Waals surface area contributed by atoms with Crippen molar-refractivity contribution < 1.29 is 30.1 Å². The first-order valence-corrected chi connectivity index (χ1v) is 16.0. The van der Waals surface area contributed by atoms with E-state index in [0.29, 0.717) is 17.1 Å². The van der Waals surface area contributed by atoms with Gasteiger partial charge in [-0.05, 0) is 48.2 Å². The number of rotatable bonds is 4. The van der Waals surface area contributed by atoms with Gasteiger partial charge < -0.3 is 4.57 Å². The van der Waals surface area contributed by atoms with Gasteiger partial charge >= 0.3 is 0 Å². The SMILES string of the molecule is [2H]C([2H])([2H])N1[OH+]N(c2[c-]c([Si](C)(C)c3[c-]c4c(cc3)c3ccccc3n4-c3cc(C)ccn3)ccc2)c2ccccc21.[Pt]. The summed E-state index contributed by atoms with van der Waals surface area (Å²) in [6.07, 6.45) is 1.85. The molecule has 1 aliphatic rings. The molecule has 2 aromatic heterocycles. The van der Waals surface area contributed by atoms with Gasteiger partial charge in [-0.2, -0.15) is 51.7 Å². The van der Waals surface area contributed by atoms with Crippen molar-refractivity contribution in [1.82, 2.24) is 9.55 Å². The van der Waals surface area contributed by atoms with Gasteiger partial charge in [0.2, 0.25) is 0 Å². The van der Waals surface area contributed by atoms with E-state index >= 15 is 0 Å². The fourth-order valence-corrected chi connectivity index (χ4v) is 7.59. The standard InChI is InChI=1S/C33H28N4OSi.Pt/c1-23-18-19-34-33(20-23)36-29-13-6-5-12-27(29)28-17-16-26(22-32(28)36)39(3,4)25-11-9-10-24(21-25)37-31-15-8-7-14-30(31)35(2)38-37;/h5-20H,1-4H3;/q-2;/p+1/i2D3;. The van der Waals surface area contributed by atoms with Gasteiger partial charge in [-0.15, -0.1) is 21.6 Å². The third-order valence-corrected chi connectivity index (χ3v) is 10.9. The molecule has 7 heteroatoms. The minimum atomic E-state index is -2.40. The molecule has 4 aromatic carbocycles. The minimum absolute atomic E-state index is 0. The zero-order valence-electron chi connectivity index (χ0n) is 25.3. The van der Waals surface area contributed by atoms with E-state index in [1.54, 1.807) is 11.1 Å². The predicted octanol–water partition coefficient (Wildman–Crippen LogP) is 6.34. The van der Waals surface area contributed by atoms with Crippen LogP contribution in [0.4, 0.5) is 17.1 Å². The van der Waals surface area contributed by atoms with E-state index in [1.807, 2.05) is 42.6 Å². The summed E-state index contributed by atoms with van der Waals surface area (Å²) in [5, 5.41) is 7.29. The van der Waals surface area contributed by atoms with Gasteiger partial charge in [0.25, 0.3) is 0 Å². The van der Waals surface area contributed by atoms with Crippen LogP contribution in [0.3, 0.4) is 0 Å².